The van der Waals surface area contributed by atoms with Gasteiger partial charge in [-0.2, -0.15) is 0 Å². The van der Waals surface area contributed by atoms with Gasteiger partial charge in [0.15, 0.2) is 11.4 Å². The summed E-state index contributed by atoms with van der Waals surface area (Å²) in [5, 5.41) is 9.45. The van der Waals surface area contributed by atoms with Gasteiger partial charge in [0.05, 0.1) is 0 Å². The first-order valence-electron chi connectivity index (χ1n) is 7.13. The first-order valence-corrected chi connectivity index (χ1v) is 7.95. The second kappa shape index (κ2) is 4.94. The third kappa shape index (κ3) is 2.48. The smallest absolute Gasteiger partial charge is 0.196 e. The zero-order chi connectivity index (χ0) is 14.4. The zero-order valence-electron chi connectivity index (χ0n) is 11.3. The van der Waals surface area contributed by atoms with Gasteiger partial charge in [0.1, 0.15) is 11.6 Å². The van der Waals surface area contributed by atoms with Crippen LogP contribution in [0.25, 0.3) is 0 Å². The minimum atomic E-state index is -0.399. The molecule has 6 heteroatoms. The fraction of sp³-hybridized carbons (Fsp3) is 0.400. The molecule has 0 unspecified atom stereocenters. The van der Waals surface area contributed by atoms with Crippen molar-refractivity contribution in [3.8, 4) is 0 Å². The van der Waals surface area contributed by atoms with Crippen molar-refractivity contribution in [3.05, 3.63) is 35.4 Å². The Kier molecular flexibility index (Phi) is 3.06. The van der Waals surface area contributed by atoms with E-state index in [-0.39, 0.29) is 0 Å². The summed E-state index contributed by atoms with van der Waals surface area (Å²) in [5.74, 6) is 1.23. The lowest BCUT2D eigenvalue weighted by atomic mass is 10.2. The minimum Gasteiger partial charge on any atom is -0.302 e. The van der Waals surface area contributed by atoms with Crippen LogP contribution in [0.1, 0.15) is 53.8 Å². The molecular formula is C15H14FN3OS. The standard InChI is InChI=1S/C15H14FN3OS/c16-11-3-6-13(10(7-11)8-20)21-15-18-17-14(9-1-2-9)19(15)12-4-5-12/h3,6-9,12H,1-2,4-5H2. The highest BCUT2D eigenvalue weighted by Gasteiger charge is 2.36. The molecular weight excluding hydrogens is 289 g/mol. The Hall–Kier alpha value is -1.69. The summed E-state index contributed by atoms with van der Waals surface area (Å²) >= 11 is 1.40. The molecule has 108 valence electrons. The lowest BCUT2D eigenvalue weighted by molar-refractivity contribution is 0.112. The van der Waals surface area contributed by atoms with Crippen LogP contribution in [-0.2, 0) is 0 Å². The average Bonchev–Trinajstić information content (AvgIpc) is 3.40. The van der Waals surface area contributed by atoms with Gasteiger partial charge in [-0.1, -0.05) is 0 Å². The first kappa shape index (κ1) is 13.0. The van der Waals surface area contributed by atoms with E-state index in [1.165, 1.54) is 36.7 Å². The normalized spacial score (nSPS) is 18.0. The number of hydrogen-bond donors (Lipinski definition) is 0. The molecule has 21 heavy (non-hydrogen) atoms. The van der Waals surface area contributed by atoms with Gasteiger partial charge < -0.3 is 4.57 Å². The molecule has 4 rings (SSSR count). The molecule has 4 nitrogen and oxygen atoms in total. The van der Waals surface area contributed by atoms with Gasteiger partial charge in [0.2, 0.25) is 0 Å². The van der Waals surface area contributed by atoms with Crippen LogP contribution < -0.4 is 0 Å². The third-order valence-corrected chi connectivity index (χ3v) is 4.90. The summed E-state index contributed by atoms with van der Waals surface area (Å²) < 4.78 is 15.4. The number of aromatic nitrogens is 3. The molecule has 1 aromatic carbocycles. The highest BCUT2D eigenvalue weighted by molar-refractivity contribution is 7.99. The van der Waals surface area contributed by atoms with Gasteiger partial charge in [0.25, 0.3) is 0 Å². The number of rotatable bonds is 5. The van der Waals surface area contributed by atoms with E-state index in [0.717, 1.165) is 28.7 Å². The lowest BCUT2D eigenvalue weighted by Gasteiger charge is -2.09. The minimum absolute atomic E-state index is 0.360. The van der Waals surface area contributed by atoms with Crippen LogP contribution in [0, 0.1) is 5.82 Å². The van der Waals surface area contributed by atoms with E-state index in [4.69, 9.17) is 0 Å². The molecule has 0 N–H and O–H groups in total. The maximum absolute atomic E-state index is 13.2. The third-order valence-electron chi connectivity index (χ3n) is 3.85. The molecule has 0 radical (unpaired) electrons. The van der Waals surface area contributed by atoms with Gasteiger partial charge >= 0.3 is 0 Å². The van der Waals surface area contributed by atoms with E-state index >= 15 is 0 Å². The van der Waals surface area contributed by atoms with Crippen molar-refractivity contribution in [3.63, 3.8) is 0 Å². The van der Waals surface area contributed by atoms with Crippen LogP contribution in [0.15, 0.2) is 28.3 Å². The van der Waals surface area contributed by atoms with Crippen molar-refractivity contribution < 1.29 is 9.18 Å². The molecule has 0 saturated heterocycles. The fourth-order valence-corrected chi connectivity index (χ4v) is 3.44. The van der Waals surface area contributed by atoms with E-state index in [2.05, 4.69) is 14.8 Å². The van der Waals surface area contributed by atoms with Gasteiger partial charge in [-0.15, -0.1) is 10.2 Å². The van der Waals surface area contributed by atoms with Crippen molar-refractivity contribution in [2.24, 2.45) is 0 Å². The van der Waals surface area contributed by atoms with Gasteiger partial charge in [-0.05, 0) is 55.6 Å². The van der Waals surface area contributed by atoms with Crippen LogP contribution in [0.3, 0.4) is 0 Å². The van der Waals surface area contributed by atoms with Crippen LogP contribution in [0.2, 0.25) is 0 Å². The van der Waals surface area contributed by atoms with Crippen LogP contribution in [0.4, 0.5) is 4.39 Å². The Labute approximate surface area is 125 Å². The molecule has 2 saturated carbocycles. The van der Waals surface area contributed by atoms with Crippen molar-refractivity contribution in [2.75, 3.05) is 0 Å². The number of carbonyl (C=O) groups excluding carboxylic acids is 1. The number of carbonyl (C=O) groups is 1. The zero-order valence-corrected chi connectivity index (χ0v) is 12.1. The maximum Gasteiger partial charge on any atom is 0.196 e. The number of hydrogen-bond acceptors (Lipinski definition) is 4. The Morgan fingerprint density at radius 3 is 2.71 bits per heavy atom. The molecule has 0 aliphatic heterocycles. The summed E-state index contributed by atoms with van der Waals surface area (Å²) in [6.07, 6.45) is 5.38. The largest absolute Gasteiger partial charge is 0.302 e. The average molecular weight is 303 g/mol. The van der Waals surface area contributed by atoms with Gasteiger partial charge in [-0.25, -0.2) is 4.39 Å². The summed E-state index contributed by atoms with van der Waals surface area (Å²) in [7, 11) is 0. The molecule has 0 bridgehead atoms. The summed E-state index contributed by atoms with van der Waals surface area (Å²) in [5.41, 5.74) is 0.360. The monoisotopic (exact) mass is 303 g/mol. The number of nitrogens with zero attached hydrogens (tertiary/aromatic N) is 3. The van der Waals surface area contributed by atoms with Crippen LogP contribution >= 0.6 is 11.8 Å². The van der Waals surface area contributed by atoms with Crippen molar-refractivity contribution in [1.29, 1.82) is 0 Å². The Morgan fingerprint density at radius 2 is 2.05 bits per heavy atom. The second-order valence-corrected chi connectivity index (χ2v) is 6.63. The molecule has 0 spiro atoms. The van der Waals surface area contributed by atoms with Gasteiger partial charge in [0, 0.05) is 22.4 Å². The van der Waals surface area contributed by atoms with Crippen molar-refractivity contribution in [1.82, 2.24) is 14.8 Å². The predicted octanol–water partition coefficient (Wildman–Crippen LogP) is 3.59. The fourth-order valence-electron chi connectivity index (χ4n) is 2.46. The maximum atomic E-state index is 13.2. The molecule has 0 atom stereocenters. The SMILES string of the molecule is O=Cc1cc(F)ccc1Sc1nnc(C2CC2)n1C1CC1. The first-order chi connectivity index (χ1) is 10.3. The van der Waals surface area contributed by atoms with E-state index in [1.807, 2.05) is 0 Å². The summed E-state index contributed by atoms with van der Waals surface area (Å²) in [6, 6.07) is 4.76. The molecule has 1 heterocycles. The summed E-state index contributed by atoms with van der Waals surface area (Å²) in [4.78, 5) is 11.8. The molecule has 0 amide bonds. The molecule has 2 aliphatic rings. The van der Waals surface area contributed by atoms with Crippen molar-refractivity contribution in [2.45, 2.75) is 47.7 Å². The second-order valence-electron chi connectivity index (χ2n) is 5.62. The Balaban J connectivity index is 1.69. The summed E-state index contributed by atoms with van der Waals surface area (Å²) in [6.45, 7) is 0. The topological polar surface area (TPSA) is 47.8 Å². The molecule has 1 aromatic heterocycles. The van der Waals surface area contributed by atoms with Gasteiger partial charge in [-0.3, -0.25) is 4.79 Å². The van der Waals surface area contributed by atoms with E-state index in [1.54, 1.807) is 6.07 Å². The number of halogens is 1. The van der Waals surface area contributed by atoms with Crippen LogP contribution in [-0.4, -0.2) is 21.1 Å². The Bertz CT molecular complexity index is 707. The highest BCUT2D eigenvalue weighted by Crippen LogP contribution is 2.46. The van der Waals surface area contributed by atoms with E-state index < -0.39 is 5.82 Å². The van der Waals surface area contributed by atoms with E-state index in [9.17, 15) is 9.18 Å². The van der Waals surface area contributed by atoms with Crippen LogP contribution in [0.5, 0.6) is 0 Å². The van der Waals surface area contributed by atoms with Crippen molar-refractivity contribution >= 4 is 18.0 Å². The number of benzene rings is 1. The highest BCUT2D eigenvalue weighted by atomic mass is 32.2. The molecule has 2 aliphatic carbocycles. The molecule has 2 aromatic rings. The Morgan fingerprint density at radius 1 is 1.24 bits per heavy atom. The predicted molar refractivity (Wildman–Crippen MR) is 76.2 cm³/mol. The van der Waals surface area contributed by atoms with E-state index in [0.29, 0.717) is 23.8 Å². The quantitative estimate of drug-likeness (QED) is 0.792. The molecule has 2 fully saturated rings. The number of aldehydes is 1. The lowest BCUT2D eigenvalue weighted by Crippen LogP contribution is -2.02.